The number of aromatic amines is 1. The van der Waals surface area contributed by atoms with Gasteiger partial charge < -0.3 is 15.0 Å². The molecule has 1 aromatic heterocycles. The predicted molar refractivity (Wildman–Crippen MR) is 94.9 cm³/mol. The SMILES string of the molecule is CNC(=O)[C@H]1CN(C(=O)c2cc3ccccc3[nH]2)c2ccccc2O1. The maximum Gasteiger partial charge on any atom is 0.274 e. The first kappa shape index (κ1) is 15.3. The number of nitrogens with one attached hydrogen (secondary N) is 2. The molecule has 2 N–H and O–H groups in total. The van der Waals surface area contributed by atoms with Gasteiger partial charge in [0.2, 0.25) is 0 Å². The molecular weight excluding hydrogens is 318 g/mol. The van der Waals surface area contributed by atoms with E-state index >= 15 is 0 Å². The van der Waals surface area contributed by atoms with E-state index < -0.39 is 6.10 Å². The van der Waals surface area contributed by atoms with Gasteiger partial charge in [-0.15, -0.1) is 0 Å². The van der Waals surface area contributed by atoms with Gasteiger partial charge in [0.15, 0.2) is 6.10 Å². The highest BCUT2D eigenvalue weighted by Gasteiger charge is 2.34. The number of nitrogens with zero attached hydrogens (tertiary/aromatic N) is 1. The monoisotopic (exact) mass is 335 g/mol. The summed E-state index contributed by atoms with van der Waals surface area (Å²) >= 11 is 0. The second kappa shape index (κ2) is 5.98. The second-order valence-corrected chi connectivity index (χ2v) is 5.87. The Morgan fingerprint density at radius 2 is 1.92 bits per heavy atom. The number of amides is 2. The van der Waals surface area contributed by atoms with Gasteiger partial charge in [-0.2, -0.15) is 0 Å². The zero-order valence-electron chi connectivity index (χ0n) is 13.7. The molecule has 126 valence electrons. The van der Waals surface area contributed by atoms with Gasteiger partial charge in [0.25, 0.3) is 11.8 Å². The fourth-order valence-electron chi connectivity index (χ4n) is 3.06. The Kier molecular flexibility index (Phi) is 3.65. The Morgan fingerprint density at radius 1 is 1.16 bits per heavy atom. The molecule has 1 atom stereocenters. The first-order chi connectivity index (χ1) is 12.2. The van der Waals surface area contributed by atoms with Gasteiger partial charge in [-0.3, -0.25) is 14.5 Å². The Balaban J connectivity index is 1.74. The number of aromatic nitrogens is 1. The van der Waals surface area contributed by atoms with Gasteiger partial charge in [0.1, 0.15) is 11.4 Å². The molecule has 2 heterocycles. The smallest absolute Gasteiger partial charge is 0.274 e. The standard InChI is InChI=1S/C19H17N3O3/c1-20-18(23)17-11-22(15-8-4-5-9-16(15)25-17)19(24)14-10-12-6-2-3-7-13(12)21-14/h2-10,17,21H,11H2,1H3,(H,20,23)/t17-/m1/s1. The third kappa shape index (κ3) is 2.61. The average Bonchev–Trinajstić information content (AvgIpc) is 3.10. The number of carbonyl (C=O) groups is 2. The zero-order valence-corrected chi connectivity index (χ0v) is 13.7. The maximum absolute atomic E-state index is 13.1. The van der Waals surface area contributed by atoms with Crippen LogP contribution in [0.2, 0.25) is 0 Å². The Bertz CT molecular complexity index is 930. The van der Waals surface area contributed by atoms with Crippen LogP contribution in [-0.4, -0.2) is 36.5 Å². The van der Waals surface area contributed by atoms with E-state index in [4.69, 9.17) is 4.74 Å². The van der Waals surface area contributed by atoms with Gasteiger partial charge in [0, 0.05) is 18.0 Å². The molecule has 1 aliphatic heterocycles. The van der Waals surface area contributed by atoms with Crippen LogP contribution in [-0.2, 0) is 4.79 Å². The van der Waals surface area contributed by atoms with E-state index in [1.54, 1.807) is 18.0 Å². The summed E-state index contributed by atoms with van der Waals surface area (Å²) in [6.07, 6.45) is -0.742. The first-order valence-electron chi connectivity index (χ1n) is 8.04. The third-order valence-electron chi connectivity index (χ3n) is 4.32. The minimum absolute atomic E-state index is 0.158. The number of hydrogen-bond donors (Lipinski definition) is 2. The number of hydrogen-bond acceptors (Lipinski definition) is 3. The van der Waals surface area contributed by atoms with Crippen LogP contribution < -0.4 is 15.0 Å². The molecular formula is C19H17N3O3. The van der Waals surface area contributed by atoms with Gasteiger partial charge in [-0.25, -0.2) is 0 Å². The summed E-state index contributed by atoms with van der Waals surface area (Å²) in [4.78, 5) is 29.9. The second-order valence-electron chi connectivity index (χ2n) is 5.87. The topological polar surface area (TPSA) is 74.4 Å². The quantitative estimate of drug-likeness (QED) is 0.755. The Labute approximate surface area is 144 Å². The van der Waals surface area contributed by atoms with Crippen LogP contribution in [0, 0.1) is 0 Å². The van der Waals surface area contributed by atoms with Crippen molar-refractivity contribution in [2.75, 3.05) is 18.5 Å². The molecule has 0 saturated heterocycles. The molecule has 3 aromatic rings. The molecule has 6 nitrogen and oxygen atoms in total. The normalized spacial score (nSPS) is 16.2. The van der Waals surface area contributed by atoms with Gasteiger partial charge in [-0.1, -0.05) is 30.3 Å². The van der Waals surface area contributed by atoms with E-state index in [2.05, 4.69) is 10.3 Å². The molecule has 25 heavy (non-hydrogen) atoms. The van der Waals surface area contributed by atoms with Crippen molar-refractivity contribution in [3.05, 3.63) is 60.3 Å². The fourth-order valence-corrected chi connectivity index (χ4v) is 3.06. The van der Waals surface area contributed by atoms with Crippen molar-refractivity contribution in [3.63, 3.8) is 0 Å². The molecule has 0 saturated carbocycles. The van der Waals surface area contributed by atoms with Crippen LogP contribution in [0.25, 0.3) is 10.9 Å². The number of anilines is 1. The number of rotatable bonds is 2. The highest BCUT2D eigenvalue weighted by atomic mass is 16.5. The minimum Gasteiger partial charge on any atom is -0.477 e. The van der Waals surface area contributed by atoms with Gasteiger partial charge in [0.05, 0.1) is 12.2 Å². The molecule has 2 amide bonds. The summed E-state index contributed by atoms with van der Waals surface area (Å²) in [5.41, 5.74) is 2.04. The molecule has 0 fully saturated rings. The van der Waals surface area contributed by atoms with Crippen molar-refractivity contribution in [1.82, 2.24) is 10.3 Å². The molecule has 0 unspecified atom stereocenters. The number of carbonyl (C=O) groups excluding carboxylic acids is 2. The number of benzene rings is 2. The van der Waals surface area contributed by atoms with Gasteiger partial charge >= 0.3 is 0 Å². The van der Waals surface area contributed by atoms with Crippen molar-refractivity contribution in [2.45, 2.75) is 6.10 Å². The number of fused-ring (bicyclic) bond motifs is 2. The largest absolute Gasteiger partial charge is 0.477 e. The molecule has 6 heteroatoms. The molecule has 0 radical (unpaired) electrons. The summed E-state index contributed by atoms with van der Waals surface area (Å²) in [6.45, 7) is 0.158. The molecule has 0 bridgehead atoms. The van der Waals surface area contributed by atoms with Gasteiger partial charge in [-0.05, 0) is 24.3 Å². The van der Waals surface area contributed by atoms with Crippen LogP contribution in [0.3, 0.4) is 0 Å². The Morgan fingerprint density at radius 3 is 2.72 bits per heavy atom. The zero-order chi connectivity index (χ0) is 17.4. The Hall–Kier alpha value is -3.28. The van der Waals surface area contributed by atoms with Crippen LogP contribution in [0.15, 0.2) is 54.6 Å². The van der Waals surface area contributed by atoms with E-state index in [0.29, 0.717) is 17.1 Å². The van der Waals surface area contributed by atoms with Crippen molar-refractivity contribution in [2.24, 2.45) is 0 Å². The number of ether oxygens (including phenoxy) is 1. The molecule has 2 aromatic carbocycles. The number of para-hydroxylation sites is 3. The van der Waals surface area contributed by atoms with E-state index in [1.807, 2.05) is 48.5 Å². The lowest BCUT2D eigenvalue weighted by Crippen LogP contribution is -2.50. The van der Waals surface area contributed by atoms with E-state index in [-0.39, 0.29) is 18.4 Å². The van der Waals surface area contributed by atoms with Crippen molar-refractivity contribution < 1.29 is 14.3 Å². The first-order valence-corrected chi connectivity index (χ1v) is 8.04. The van der Waals surface area contributed by atoms with E-state index in [0.717, 1.165) is 10.9 Å². The minimum atomic E-state index is -0.742. The van der Waals surface area contributed by atoms with Crippen LogP contribution >= 0.6 is 0 Å². The van der Waals surface area contributed by atoms with Crippen molar-refractivity contribution in [3.8, 4) is 5.75 Å². The molecule has 4 rings (SSSR count). The van der Waals surface area contributed by atoms with Crippen LogP contribution in [0.1, 0.15) is 10.5 Å². The summed E-state index contributed by atoms with van der Waals surface area (Å²) in [5, 5.41) is 3.54. The average molecular weight is 335 g/mol. The van der Waals surface area contributed by atoms with Crippen LogP contribution in [0.4, 0.5) is 5.69 Å². The van der Waals surface area contributed by atoms with Crippen molar-refractivity contribution >= 4 is 28.4 Å². The number of likely N-dealkylation sites (N-methyl/N-ethyl adjacent to an activating group) is 1. The lowest BCUT2D eigenvalue weighted by Gasteiger charge is -2.33. The molecule has 1 aliphatic rings. The lowest BCUT2D eigenvalue weighted by atomic mass is 10.1. The number of H-pyrrole nitrogens is 1. The highest BCUT2D eigenvalue weighted by Crippen LogP contribution is 2.34. The lowest BCUT2D eigenvalue weighted by molar-refractivity contribution is -0.127. The van der Waals surface area contributed by atoms with Crippen LogP contribution in [0.5, 0.6) is 5.75 Å². The fraction of sp³-hybridized carbons (Fsp3) is 0.158. The summed E-state index contributed by atoms with van der Waals surface area (Å²) in [7, 11) is 1.55. The van der Waals surface area contributed by atoms with E-state index in [1.165, 1.54) is 0 Å². The maximum atomic E-state index is 13.1. The van der Waals surface area contributed by atoms with Crippen molar-refractivity contribution in [1.29, 1.82) is 0 Å². The summed E-state index contributed by atoms with van der Waals surface area (Å²) < 4.78 is 5.74. The summed E-state index contributed by atoms with van der Waals surface area (Å²) in [6, 6.07) is 16.8. The van der Waals surface area contributed by atoms with E-state index in [9.17, 15) is 9.59 Å². The predicted octanol–water partition coefficient (Wildman–Crippen LogP) is 2.32. The molecule has 0 spiro atoms. The third-order valence-corrected chi connectivity index (χ3v) is 4.32. The highest BCUT2D eigenvalue weighted by molar-refractivity contribution is 6.09. The molecule has 0 aliphatic carbocycles. The summed E-state index contributed by atoms with van der Waals surface area (Å²) in [5.74, 6) is 0.0663.